The Bertz CT molecular complexity index is 1630. The maximum Gasteiger partial charge on any atom is 0.211 e. The minimum absolute atomic E-state index is 0.157. The first-order chi connectivity index (χ1) is 15.6. The molecule has 0 N–H and O–H groups in total. The standard InChI is InChI=1S/C27H14ClNO3/c28-17-11-9-16(10-12-17)25(30)21-22-24(27(32)20-8-4-3-7-19(20)26(22)31)29-14-13-15-5-1-2-6-18(15)23(21)29/h1-14H. The van der Waals surface area contributed by atoms with E-state index in [1.807, 2.05) is 30.3 Å². The average Bonchev–Trinajstić information content (AvgIpc) is 3.19. The van der Waals surface area contributed by atoms with E-state index in [0.29, 0.717) is 27.2 Å². The van der Waals surface area contributed by atoms with Crippen LogP contribution in [0.25, 0.3) is 16.3 Å². The summed E-state index contributed by atoms with van der Waals surface area (Å²) in [5.74, 6) is -0.909. The van der Waals surface area contributed by atoms with Crippen LogP contribution in [0.15, 0.2) is 85.1 Å². The predicted octanol–water partition coefficient (Wildman–Crippen LogP) is 5.75. The number of halogens is 1. The maximum absolute atomic E-state index is 13.8. The smallest absolute Gasteiger partial charge is 0.211 e. The molecule has 5 aromatic rings. The highest BCUT2D eigenvalue weighted by Gasteiger charge is 2.38. The van der Waals surface area contributed by atoms with Gasteiger partial charge in [0.15, 0.2) is 11.6 Å². The highest BCUT2D eigenvalue weighted by atomic mass is 35.5. The summed E-state index contributed by atoms with van der Waals surface area (Å²) >= 11 is 6.01. The summed E-state index contributed by atoms with van der Waals surface area (Å²) in [5, 5.41) is 2.22. The zero-order valence-corrected chi connectivity index (χ0v) is 17.4. The van der Waals surface area contributed by atoms with Gasteiger partial charge in [-0.3, -0.25) is 14.4 Å². The van der Waals surface area contributed by atoms with E-state index in [0.717, 1.165) is 10.8 Å². The number of rotatable bonds is 2. The quantitative estimate of drug-likeness (QED) is 0.325. The maximum atomic E-state index is 13.8. The van der Waals surface area contributed by atoms with Gasteiger partial charge in [-0.05, 0) is 35.7 Å². The largest absolute Gasteiger partial charge is 0.312 e. The van der Waals surface area contributed by atoms with Crippen LogP contribution in [-0.2, 0) is 0 Å². The van der Waals surface area contributed by atoms with Crippen LogP contribution in [-0.4, -0.2) is 21.8 Å². The molecule has 3 aromatic carbocycles. The zero-order valence-electron chi connectivity index (χ0n) is 16.6. The summed E-state index contributed by atoms with van der Waals surface area (Å²) in [6, 6.07) is 22.8. The van der Waals surface area contributed by atoms with Crippen molar-refractivity contribution in [3.05, 3.63) is 124 Å². The SMILES string of the molecule is O=C1c2ccccc2C(=O)c2c1c(C(=O)c1ccc(Cl)cc1)c1c3ccccc3ccn21. The molecule has 0 saturated heterocycles. The Balaban J connectivity index is 1.78. The third kappa shape index (κ3) is 2.47. The van der Waals surface area contributed by atoms with Gasteiger partial charge in [-0.15, -0.1) is 0 Å². The monoisotopic (exact) mass is 435 g/mol. The number of fused-ring (bicyclic) bond motifs is 6. The molecule has 0 unspecified atom stereocenters. The van der Waals surface area contributed by atoms with E-state index in [1.54, 1.807) is 59.1 Å². The highest BCUT2D eigenvalue weighted by molar-refractivity contribution is 6.35. The number of ketones is 3. The number of aromatic nitrogens is 1. The number of carbonyl (C=O) groups is 3. The lowest BCUT2D eigenvalue weighted by molar-refractivity contribution is 0.0970. The van der Waals surface area contributed by atoms with Crippen molar-refractivity contribution in [3.63, 3.8) is 0 Å². The lowest BCUT2D eigenvalue weighted by Gasteiger charge is -2.15. The molecular formula is C27H14ClNO3. The molecule has 0 fully saturated rings. The number of carbonyl (C=O) groups excluding carboxylic acids is 3. The first-order valence-electron chi connectivity index (χ1n) is 10.1. The second-order valence-electron chi connectivity index (χ2n) is 7.76. The van der Waals surface area contributed by atoms with Crippen LogP contribution in [0.5, 0.6) is 0 Å². The van der Waals surface area contributed by atoms with Gasteiger partial charge in [0.1, 0.15) is 5.69 Å². The molecule has 0 aliphatic heterocycles. The van der Waals surface area contributed by atoms with Crippen molar-refractivity contribution in [1.29, 1.82) is 0 Å². The van der Waals surface area contributed by atoms with Crippen LogP contribution in [0.2, 0.25) is 5.02 Å². The molecule has 152 valence electrons. The first-order valence-corrected chi connectivity index (χ1v) is 10.5. The van der Waals surface area contributed by atoms with Gasteiger partial charge in [-0.1, -0.05) is 60.1 Å². The fraction of sp³-hybridized carbons (Fsp3) is 0. The van der Waals surface area contributed by atoms with Gasteiger partial charge < -0.3 is 4.40 Å². The van der Waals surface area contributed by atoms with Crippen LogP contribution >= 0.6 is 11.6 Å². The van der Waals surface area contributed by atoms with Gasteiger partial charge in [-0.2, -0.15) is 0 Å². The number of nitrogens with zero attached hydrogens (tertiary/aromatic N) is 1. The fourth-order valence-corrected chi connectivity index (χ4v) is 4.69. The van der Waals surface area contributed by atoms with E-state index < -0.39 is 0 Å². The summed E-state index contributed by atoms with van der Waals surface area (Å²) in [5.41, 5.74) is 2.25. The van der Waals surface area contributed by atoms with Crippen molar-refractivity contribution >= 4 is 45.2 Å². The zero-order chi connectivity index (χ0) is 22.0. The van der Waals surface area contributed by atoms with E-state index in [-0.39, 0.29) is 34.2 Å². The van der Waals surface area contributed by atoms with Crippen molar-refractivity contribution in [2.24, 2.45) is 0 Å². The van der Waals surface area contributed by atoms with Gasteiger partial charge in [-0.25, -0.2) is 0 Å². The van der Waals surface area contributed by atoms with E-state index in [1.165, 1.54) is 0 Å². The molecule has 32 heavy (non-hydrogen) atoms. The van der Waals surface area contributed by atoms with Crippen molar-refractivity contribution in [3.8, 4) is 0 Å². The number of hydrogen-bond donors (Lipinski definition) is 0. The molecule has 1 aliphatic rings. The molecule has 0 amide bonds. The Morgan fingerprint density at radius 3 is 2.16 bits per heavy atom. The fourth-order valence-electron chi connectivity index (χ4n) is 4.57. The number of benzene rings is 3. The molecular weight excluding hydrogens is 422 g/mol. The third-order valence-electron chi connectivity index (χ3n) is 6.02. The second-order valence-corrected chi connectivity index (χ2v) is 8.20. The normalized spacial score (nSPS) is 12.8. The first kappa shape index (κ1) is 18.7. The van der Waals surface area contributed by atoms with Gasteiger partial charge in [0.25, 0.3) is 0 Å². The molecule has 0 saturated carbocycles. The van der Waals surface area contributed by atoms with E-state index in [2.05, 4.69) is 0 Å². The topological polar surface area (TPSA) is 55.6 Å². The summed E-state index contributed by atoms with van der Waals surface area (Å²) in [6.45, 7) is 0. The average molecular weight is 436 g/mol. The van der Waals surface area contributed by atoms with Crippen LogP contribution in [0.1, 0.15) is 47.9 Å². The second kappa shape index (κ2) is 6.74. The van der Waals surface area contributed by atoms with Crippen molar-refractivity contribution < 1.29 is 14.4 Å². The Morgan fingerprint density at radius 2 is 1.41 bits per heavy atom. The summed E-state index contributed by atoms with van der Waals surface area (Å²) in [4.78, 5) is 40.9. The molecule has 0 bridgehead atoms. The molecule has 6 rings (SSSR count). The van der Waals surface area contributed by atoms with E-state index in [4.69, 9.17) is 11.6 Å². The molecule has 2 heterocycles. The van der Waals surface area contributed by atoms with Crippen LogP contribution in [0.4, 0.5) is 0 Å². The van der Waals surface area contributed by atoms with E-state index >= 15 is 0 Å². The molecule has 0 radical (unpaired) electrons. The Hall–Kier alpha value is -4.02. The molecule has 4 nitrogen and oxygen atoms in total. The van der Waals surface area contributed by atoms with Gasteiger partial charge >= 0.3 is 0 Å². The molecule has 2 aromatic heterocycles. The Morgan fingerprint density at radius 1 is 0.750 bits per heavy atom. The van der Waals surface area contributed by atoms with E-state index in [9.17, 15) is 14.4 Å². The molecule has 5 heteroatoms. The van der Waals surface area contributed by atoms with Crippen molar-refractivity contribution in [2.75, 3.05) is 0 Å². The van der Waals surface area contributed by atoms with Crippen LogP contribution < -0.4 is 0 Å². The number of hydrogen-bond acceptors (Lipinski definition) is 3. The number of pyridine rings is 1. The lowest BCUT2D eigenvalue weighted by atomic mass is 9.84. The van der Waals surface area contributed by atoms with Crippen LogP contribution in [0.3, 0.4) is 0 Å². The third-order valence-corrected chi connectivity index (χ3v) is 6.27. The predicted molar refractivity (Wildman–Crippen MR) is 123 cm³/mol. The van der Waals surface area contributed by atoms with Crippen molar-refractivity contribution in [2.45, 2.75) is 0 Å². The Kier molecular flexibility index (Phi) is 3.94. The van der Waals surface area contributed by atoms with Crippen molar-refractivity contribution in [1.82, 2.24) is 4.40 Å². The summed E-state index contributed by atoms with van der Waals surface area (Å²) < 4.78 is 1.69. The van der Waals surface area contributed by atoms with Gasteiger partial charge in [0.05, 0.1) is 16.6 Å². The van der Waals surface area contributed by atoms with Gasteiger partial charge in [0.2, 0.25) is 5.78 Å². The minimum Gasteiger partial charge on any atom is -0.312 e. The highest BCUT2D eigenvalue weighted by Crippen LogP contribution is 2.37. The minimum atomic E-state index is -0.322. The molecule has 0 spiro atoms. The summed E-state index contributed by atoms with van der Waals surface area (Å²) in [6.07, 6.45) is 1.76. The Labute approximate surface area is 187 Å². The molecule has 1 aliphatic carbocycles. The van der Waals surface area contributed by atoms with Crippen LogP contribution in [0, 0.1) is 0 Å². The lowest BCUT2D eigenvalue weighted by Crippen LogP contribution is -2.22. The van der Waals surface area contributed by atoms with Gasteiger partial charge in [0, 0.05) is 33.3 Å². The summed E-state index contributed by atoms with van der Waals surface area (Å²) in [7, 11) is 0. The molecule has 0 atom stereocenters.